The molecule has 120 valence electrons. The van der Waals surface area contributed by atoms with E-state index in [0.717, 1.165) is 19.4 Å². The lowest BCUT2D eigenvalue weighted by molar-refractivity contribution is -0.918. The van der Waals surface area contributed by atoms with E-state index in [4.69, 9.17) is 0 Å². The molecule has 4 heteroatoms. The standard InChI is InChI=1S/C18H27N3O/c1-20(2)16-9-7-14(8-10-16)17(21-11-3-4-12-21)13-19-18(22)15-5-6-15/h7-10,15,17H,3-6,11-13H2,1-2H3,(H,19,22)/p+1/t17-/m0/s1. The van der Waals surface area contributed by atoms with Crippen LogP contribution in [0.2, 0.25) is 0 Å². The number of benzene rings is 1. The van der Waals surface area contributed by atoms with Crippen LogP contribution in [0.4, 0.5) is 5.69 Å². The zero-order valence-corrected chi connectivity index (χ0v) is 13.8. The summed E-state index contributed by atoms with van der Waals surface area (Å²) in [7, 11) is 4.13. The summed E-state index contributed by atoms with van der Waals surface area (Å²) in [5.74, 6) is 0.554. The lowest BCUT2D eigenvalue weighted by atomic mass is 10.0. The molecule has 1 saturated heterocycles. The molecule has 2 aliphatic rings. The predicted octanol–water partition coefficient (Wildman–Crippen LogP) is 0.999. The van der Waals surface area contributed by atoms with Gasteiger partial charge in [0.2, 0.25) is 5.91 Å². The number of carbonyl (C=O) groups is 1. The first-order chi connectivity index (χ1) is 10.6. The molecule has 22 heavy (non-hydrogen) atoms. The first kappa shape index (κ1) is 15.3. The SMILES string of the molecule is CN(C)c1ccc([C@H](CNC(=O)C2CC2)[NH+]2CCCC2)cc1. The first-order valence-corrected chi connectivity index (χ1v) is 8.54. The molecule has 4 nitrogen and oxygen atoms in total. The van der Waals surface area contributed by atoms with E-state index in [1.165, 1.54) is 37.2 Å². The fourth-order valence-corrected chi connectivity index (χ4v) is 3.37. The summed E-state index contributed by atoms with van der Waals surface area (Å²) in [5, 5.41) is 3.19. The number of amides is 1. The van der Waals surface area contributed by atoms with Gasteiger partial charge in [0.15, 0.2) is 0 Å². The van der Waals surface area contributed by atoms with Crippen LogP contribution in [0.25, 0.3) is 0 Å². The Morgan fingerprint density at radius 2 is 1.86 bits per heavy atom. The first-order valence-electron chi connectivity index (χ1n) is 8.54. The maximum Gasteiger partial charge on any atom is 0.223 e. The summed E-state index contributed by atoms with van der Waals surface area (Å²) >= 11 is 0. The zero-order valence-electron chi connectivity index (χ0n) is 13.8. The summed E-state index contributed by atoms with van der Waals surface area (Å²) in [4.78, 5) is 15.7. The average molecular weight is 302 g/mol. The van der Waals surface area contributed by atoms with Crippen molar-refractivity contribution in [3.8, 4) is 0 Å². The number of quaternary nitrogens is 1. The van der Waals surface area contributed by atoms with Gasteiger partial charge in [0, 0.05) is 44.1 Å². The highest BCUT2D eigenvalue weighted by molar-refractivity contribution is 5.80. The molecule has 1 amide bonds. The molecule has 2 fully saturated rings. The molecule has 0 radical (unpaired) electrons. The summed E-state index contributed by atoms with van der Waals surface area (Å²) in [6.45, 7) is 3.21. The molecule has 1 aromatic carbocycles. The molecule has 1 aliphatic carbocycles. The highest BCUT2D eigenvalue weighted by atomic mass is 16.2. The van der Waals surface area contributed by atoms with E-state index < -0.39 is 0 Å². The van der Waals surface area contributed by atoms with Gasteiger partial charge < -0.3 is 15.1 Å². The van der Waals surface area contributed by atoms with Crippen LogP contribution in [0, 0.1) is 5.92 Å². The maximum atomic E-state index is 12.0. The highest BCUT2D eigenvalue weighted by Crippen LogP contribution is 2.28. The summed E-state index contributed by atoms with van der Waals surface area (Å²) < 4.78 is 0. The van der Waals surface area contributed by atoms with Gasteiger partial charge in [-0.05, 0) is 25.0 Å². The molecule has 3 rings (SSSR count). The second kappa shape index (κ2) is 6.69. The molecule has 0 unspecified atom stereocenters. The van der Waals surface area contributed by atoms with Crippen LogP contribution >= 0.6 is 0 Å². The van der Waals surface area contributed by atoms with Gasteiger partial charge >= 0.3 is 0 Å². The second-order valence-electron chi connectivity index (χ2n) is 6.92. The van der Waals surface area contributed by atoms with Gasteiger partial charge in [-0.3, -0.25) is 4.79 Å². The van der Waals surface area contributed by atoms with Gasteiger partial charge in [-0.1, -0.05) is 12.1 Å². The van der Waals surface area contributed by atoms with Crippen molar-refractivity contribution in [3.05, 3.63) is 29.8 Å². The zero-order chi connectivity index (χ0) is 15.5. The fourth-order valence-electron chi connectivity index (χ4n) is 3.37. The Kier molecular flexibility index (Phi) is 4.67. The van der Waals surface area contributed by atoms with Crippen molar-refractivity contribution in [2.24, 2.45) is 5.92 Å². The third-order valence-electron chi connectivity index (χ3n) is 4.98. The molecule has 0 aromatic heterocycles. The molecule has 1 atom stereocenters. The largest absolute Gasteiger partial charge is 0.378 e. The molecule has 0 bridgehead atoms. The Bertz CT molecular complexity index is 502. The number of carbonyl (C=O) groups excluding carboxylic acids is 1. The quantitative estimate of drug-likeness (QED) is 0.822. The number of hydrogen-bond acceptors (Lipinski definition) is 2. The van der Waals surface area contributed by atoms with E-state index in [9.17, 15) is 4.79 Å². The maximum absolute atomic E-state index is 12.0. The number of anilines is 1. The fraction of sp³-hybridized carbons (Fsp3) is 0.611. The Balaban J connectivity index is 1.70. The van der Waals surface area contributed by atoms with E-state index in [1.807, 2.05) is 0 Å². The normalized spacial score (nSPS) is 19.9. The van der Waals surface area contributed by atoms with Crippen molar-refractivity contribution in [2.75, 3.05) is 38.6 Å². The van der Waals surface area contributed by atoms with Crippen molar-refractivity contribution in [2.45, 2.75) is 31.7 Å². The van der Waals surface area contributed by atoms with Gasteiger partial charge in [0.25, 0.3) is 0 Å². The molecule has 1 aromatic rings. The number of nitrogens with zero attached hydrogens (tertiary/aromatic N) is 1. The monoisotopic (exact) mass is 302 g/mol. The van der Waals surface area contributed by atoms with Crippen molar-refractivity contribution >= 4 is 11.6 Å². The summed E-state index contributed by atoms with van der Waals surface area (Å²) in [6.07, 6.45) is 4.76. The third kappa shape index (κ3) is 3.61. The van der Waals surface area contributed by atoms with Gasteiger partial charge in [-0.2, -0.15) is 0 Å². The minimum Gasteiger partial charge on any atom is -0.378 e. The van der Waals surface area contributed by atoms with Crippen LogP contribution in [0.15, 0.2) is 24.3 Å². The van der Waals surface area contributed by atoms with Crippen LogP contribution in [0.5, 0.6) is 0 Å². The van der Waals surface area contributed by atoms with Crippen LogP contribution < -0.4 is 15.1 Å². The lowest BCUT2D eigenvalue weighted by Crippen LogP contribution is -3.11. The van der Waals surface area contributed by atoms with Crippen LogP contribution in [0.1, 0.15) is 37.3 Å². The predicted molar refractivity (Wildman–Crippen MR) is 89.2 cm³/mol. The van der Waals surface area contributed by atoms with Crippen LogP contribution in [-0.2, 0) is 4.79 Å². The lowest BCUT2D eigenvalue weighted by Gasteiger charge is -2.26. The highest BCUT2D eigenvalue weighted by Gasteiger charge is 2.32. The minimum atomic E-state index is 0.258. The Morgan fingerprint density at radius 1 is 1.23 bits per heavy atom. The van der Waals surface area contributed by atoms with Gasteiger partial charge in [-0.25, -0.2) is 0 Å². The van der Waals surface area contributed by atoms with Gasteiger partial charge in [-0.15, -0.1) is 0 Å². The molecule has 1 saturated carbocycles. The summed E-state index contributed by atoms with van der Waals surface area (Å²) in [6, 6.07) is 9.21. The third-order valence-corrected chi connectivity index (χ3v) is 4.98. The van der Waals surface area contributed by atoms with Crippen LogP contribution in [0.3, 0.4) is 0 Å². The molecule has 1 heterocycles. The molecule has 1 aliphatic heterocycles. The second-order valence-corrected chi connectivity index (χ2v) is 6.92. The van der Waals surface area contributed by atoms with E-state index in [2.05, 4.69) is 48.6 Å². The Labute approximate surface area is 133 Å². The number of nitrogens with one attached hydrogen (secondary N) is 2. The van der Waals surface area contributed by atoms with Crippen molar-refractivity contribution < 1.29 is 9.69 Å². The molecular weight excluding hydrogens is 274 g/mol. The Hall–Kier alpha value is -1.55. The number of hydrogen-bond donors (Lipinski definition) is 2. The molecule has 2 N–H and O–H groups in total. The minimum absolute atomic E-state index is 0.258. The summed E-state index contributed by atoms with van der Waals surface area (Å²) in [5.41, 5.74) is 2.57. The van der Waals surface area contributed by atoms with Crippen molar-refractivity contribution in [1.82, 2.24) is 5.32 Å². The van der Waals surface area contributed by atoms with Crippen molar-refractivity contribution in [1.29, 1.82) is 0 Å². The number of likely N-dealkylation sites (tertiary alicyclic amines) is 1. The van der Waals surface area contributed by atoms with E-state index in [-0.39, 0.29) is 5.91 Å². The van der Waals surface area contributed by atoms with Crippen molar-refractivity contribution in [3.63, 3.8) is 0 Å². The smallest absolute Gasteiger partial charge is 0.223 e. The molecular formula is C18H28N3O+. The van der Waals surface area contributed by atoms with Gasteiger partial charge in [0.1, 0.15) is 6.04 Å². The topological polar surface area (TPSA) is 36.8 Å². The average Bonchev–Trinajstić information content (AvgIpc) is 3.24. The van der Waals surface area contributed by atoms with Gasteiger partial charge in [0.05, 0.1) is 19.6 Å². The Morgan fingerprint density at radius 3 is 2.41 bits per heavy atom. The van der Waals surface area contributed by atoms with Crippen LogP contribution in [-0.4, -0.2) is 39.6 Å². The van der Waals surface area contributed by atoms with E-state index in [0.29, 0.717) is 12.0 Å². The van der Waals surface area contributed by atoms with E-state index in [1.54, 1.807) is 4.90 Å². The number of rotatable bonds is 6. The van der Waals surface area contributed by atoms with E-state index >= 15 is 0 Å². The molecule has 0 spiro atoms.